The van der Waals surface area contributed by atoms with Crippen molar-refractivity contribution in [1.82, 2.24) is 0 Å². The van der Waals surface area contributed by atoms with E-state index in [1.165, 1.54) is 7.11 Å². The van der Waals surface area contributed by atoms with Gasteiger partial charge in [0.05, 0.1) is 24.9 Å². The molecule has 0 amide bonds. The van der Waals surface area contributed by atoms with Crippen molar-refractivity contribution in [3.8, 4) is 0 Å². The Morgan fingerprint density at radius 1 is 1.41 bits per heavy atom. The molecule has 1 heterocycles. The third-order valence-electron chi connectivity index (χ3n) is 2.63. The van der Waals surface area contributed by atoms with Crippen LogP contribution in [-0.4, -0.2) is 32.4 Å². The fraction of sp³-hybridized carbons (Fsp3) is 0.417. The predicted molar refractivity (Wildman–Crippen MR) is 64.3 cm³/mol. The Kier molecular flexibility index (Phi) is 3.22. The van der Waals surface area contributed by atoms with Crippen molar-refractivity contribution in [3.05, 3.63) is 29.8 Å². The van der Waals surface area contributed by atoms with Crippen molar-refractivity contribution in [3.63, 3.8) is 0 Å². The Morgan fingerprint density at radius 2 is 2.12 bits per heavy atom. The quantitative estimate of drug-likeness (QED) is 0.565. The van der Waals surface area contributed by atoms with E-state index in [4.69, 9.17) is 14.0 Å². The van der Waals surface area contributed by atoms with E-state index in [-0.39, 0.29) is 11.6 Å². The highest BCUT2D eigenvalue weighted by molar-refractivity contribution is 6.63. The fourth-order valence-electron chi connectivity index (χ4n) is 1.79. The van der Waals surface area contributed by atoms with Gasteiger partial charge in [-0.3, -0.25) is 0 Å². The van der Waals surface area contributed by atoms with Gasteiger partial charge in [-0.1, -0.05) is 18.2 Å². The topological polar surface area (TPSA) is 44.8 Å². The van der Waals surface area contributed by atoms with Gasteiger partial charge in [-0.15, -0.1) is 0 Å². The summed E-state index contributed by atoms with van der Waals surface area (Å²) in [5, 5.41) is 0. The van der Waals surface area contributed by atoms with Crippen LogP contribution in [0.5, 0.6) is 0 Å². The lowest BCUT2D eigenvalue weighted by Gasteiger charge is -2.16. The normalized spacial score (nSPS) is 18.2. The molecule has 1 aliphatic heterocycles. The first-order valence-corrected chi connectivity index (χ1v) is 5.50. The molecule has 90 valence electrons. The van der Waals surface area contributed by atoms with E-state index in [1.807, 2.05) is 26.0 Å². The standard InChI is InChI=1S/C12H15BO4/c1-12(2)8-16-13(17-12)10-7-5-4-6-9(10)11(14)15-3/h4-7H,8H2,1-3H3. The van der Waals surface area contributed by atoms with Gasteiger partial charge in [0, 0.05) is 0 Å². The van der Waals surface area contributed by atoms with Crippen molar-refractivity contribution in [2.45, 2.75) is 19.4 Å². The summed E-state index contributed by atoms with van der Waals surface area (Å²) < 4.78 is 16.0. The molecule has 1 fully saturated rings. The highest BCUT2D eigenvalue weighted by Gasteiger charge is 2.40. The minimum Gasteiger partial charge on any atom is -0.465 e. The first-order chi connectivity index (χ1) is 8.03. The van der Waals surface area contributed by atoms with Crippen LogP contribution in [0.25, 0.3) is 0 Å². The van der Waals surface area contributed by atoms with Gasteiger partial charge < -0.3 is 14.0 Å². The first kappa shape index (κ1) is 12.1. The van der Waals surface area contributed by atoms with Crippen molar-refractivity contribution in [1.29, 1.82) is 0 Å². The van der Waals surface area contributed by atoms with E-state index < -0.39 is 7.12 Å². The number of rotatable bonds is 2. The SMILES string of the molecule is COC(=O)c1ccccc1B1OCC(C)(C)O1. The molecule has 1 aliphatic rings. The largest absolute Gasteiger partial charge is 0.495 e. The second-order valence-electron chi connectivity index (χ2n) is 4.60. The van der Waals surface area contributed by atoms with Gasteiger partial charge in [0.2, 0.25) is 0 Å². The minimum atomic E-state index is -0.500. The third kappa shape index (κ3) is 2.51. The van der Waals surface area contributed by atoms with Crippen LogP contribution in [0.2, 0.25) is 0 Å². The zero-order valence-electron chi connectivity index (χ0n) is 10.2. The maximum absolute atomic E-state index is 11.6. The molecule has 0 aromatic heterocycles. The predicted octanol–water partition coefficient (Wildman–Crippen LogP) is 0.994. The molecule has 0 unspecified atom stereocenters. The second-order valence-corrected chi connectivity index (χ2v) is 4.60. The van der Waals surface area contributed by atoms with E-state index in [0.717, 1.165) is 0 Å². The average Bonchev–Trinajstić information content (AvgIpc) is 2.68. The molecule has 17 heavy (non-hydrogen) atoms. The van der Waals surface area contributed by atoms with Crippen LogP contribution in [0.3, 0.4) is 0 Å². The molecule has 0 atom stereocenters. The molecule has 0 spiro atoms. The number of benzene rings is 1. The summed E-state index contributed by atoms with van der Waals surface area (Å²) in [7, 11) is 0.861. The molecule has 0 bridgehead atoms. The van der Waals surface area contributed by atoms with Crippen molar-refractivity contribution < 1.29 is 18.8 Å². The van der Waals surface area contributed by atoms with Crippen LogP contribution in [0.15, 0.2) is 24.3 Å². The number of carbonyl (C=O) groups excluding carboxylic acids is 1. The van der Waals surface area contributed by atoms with Crippen LogP contribution < -0.4 is 5.46 Å². The summed E-state index contributed by atoms with van der Waals surface area (Å²) in [4.78, 5) is 11.6. The highest BCUT2D eigenvalue weighted by Crippen LogP contribution is 2.20. The number of esters is 1. The Balaban J connectivity index is 2.30. The fourth-order valence-corrected chi connectivity index (χ4v) is 1.79. The molecule has 4 nitrogen and oxygen atoms in total. The molecule has 1 saturated heterocycles. The lowest BCUT2D eigenvalue weighted by atomic mass is 9.76. The smallest absolute Gasteiger partial charge is 0.465 e. The van der Waals surface area contributed by atoms with Crippen molar-refractivity contribution >= 4 is 18.6 Å². The van der Waals surface area contributed by atoms with Crippen LogP contribution in [0.4, 0.5) is 0 Å². The lowest BCUT2D eigenvalue weighted by Crippen LogP contribution is -2.38. The average molecular weight is 234 g/mol. The van der Waals surface area contributed by atoms with Gasteiger partial charge in [0.15, 0.2) is 0 Å². The van der Waals surface area contributed by atoms with E-state index >= 15 is 0 Å². The summed E-state index contributed by atoms with van der Waals surface area (Å²) in [6, 6.07) is 7.16. The Hall–Kier alpha value is -1.33. The molecule has 0 radical (unpaired) electrons. The van der Waals surface area contributed by atoms with E-state index in [0.29, 0.717) is 17.6 Å². The summed E-state index contributed by atoms with van der Waals surface area (Å²) in [6.07, 6.45) is 0. The lowest BCUT2D eigenvalue weighted by molar-refractivity contribution is 0.0601. The number of hydrogen-bond acceptors (Lipinski definition) is 4. The molecule has 5 heteroatoms. The van der Waals surface area contributed by atoms with Gasteiger partial charge >= 0.3 is 13.1 Å². The minimum absolute atomic E-state index is 0.325. The first-order valence-electron chi connectivity index (χ1n) is 5.50. The second kappa shape index (κ2) is 4.51. The van der Waals surface area contributed by atoms with Crippen LogP contribution in [-0.2, 0) is 14.0 Å². The molecule has 2 rings (SSSR count). The number of carbonyl (C=O) groups is 1. The van der Waals surface area contributed by atoms with E-state index in [9.17, 15) is 4.79 Å². The molecule has 1 aromatic rings. The molecule has 0 saturated carbocycles. The highest BCUT2D eigenvalue weighted by atomic mass is 16.7. The van der Waals surface area contributed by atoms with Crippen LogP contribution in [0, 0.1) is 0 Å². The molecule has 1 aromatic carbocycles. The third-order valence-corrected chi connectivity index (χ3v) is 2.63. The van der Waals surface area contributed by atoms with Gasteiger partial charge in [0.1, 0.15) is 0 Å². The van der Waals surface area contributed by atoms with Crippen molar-refractivity contribution in [2.24, 2.45) is 0 Å². The Labute approximate surface area is 101 Å². The van der Waals surface area contributed by atoms with Crippen molar-refractivity contribution in [2.75, 3.05) is 13.7 Å². The Bertz CT molecular complexity index is 430. The number of methoxy groups -OCH3 is 1. The van der Waals surface area contributed by atoms with Gasteiger partial charge in [-0.2, -0.15) is 0 Å². The molecular formula is C12H15BO4. The van der Waals surface area contributed by atoms with E-state index in [1.54, 1.807) is 12.1 Å². The number of ether oxygens (including phenoxy) is 1. The van der Waals surface area contributed by atoms with E-state index in [2.05, 4.69) is 0 Å². The van der Waals surface area contributed by atoms with Gasteiger partial charge in [-0.05, 0) is 25.4 Å². The zero-order chi connectivity index (χ0) is 12.5. The van der Waals surface area contributed by atoms with Crippen LogP contribution >= 0.6 is 0 Å². The summed E-state index contributed by atoms with van der Waals surface area (Å²) >= 11 is 0. The summed E-state index contributed by atoms with van der Waals surface area (Å²) in [5.74, 6) is -0.377. The maximum atomic E-state index is 11.6. The maximum Gasteiger partial charge on any atom is 0.495 e. The van der Waals surface area contributed by atoms with Gasteiger partial charge in [-0.25, -0.2) is 4.79 Å². The Morgan fingerprint density at radius 3 is 2.71 bits per heavy atom. The van der Waals surface area contributed by atoms with Gasteiger partial charge in [0.25, 0.3) is 0 Å². The number of hydrogen-bond donors (Lipinski definition) is 0. The zero-order valence-corrected chi connectivity index (χ0v) is 10.2. The summed E-state index contributed by atoms with van der Waals surface area (Å²) in [5.41, 5.74) is 0.871. The molecule has 0 aliphatic carbocycles. The van der Waals surface area contributed by atoms with Crippen LogP contribution in [0.1, 0.15) is 24.2 Å². The molecule has 0 N–H and O–H groups in total. The summed E-state index contributed by atoms with van der Waals surface area (Å²) in [6.45, 7) is 4.41. The monoisotopic (exact) mass is 234 g/mol. The molecular weight excluding hydrogens is 219 g/mol.